The van der Waals surface area contributed by atoms with E-state index in [1.54, 1.807) is 36.4 Å². The second kappa shape index (κ2) is 5.94. The van der Waals surface area contributed by atoms with Crippen molar-refractivity contribution in [1.82, 2.24) is 4.72 Å². The van der Waals surface area contributed by atoms with Crippen molar-refractivity contribution in [1.29, 1.82) is 0 Å². The fraction of sp³-hybridized carbons (Fsp3) is 0.0714. The van der Waals surface area contributed by atoms with E-state index in [1.165, 1.54) is 19.2 Å². The molecule has 0 aliphatic carbocycles. The molecule has 0 spiro atoms. The lowest BCUT2D eigenvalue weighted by Crippen LogP contribution is -2.21. The van der Waals surface area contributed by atoms with Crippen molar-refractivity contribution in [3.05, 3.63) is 54.1 Å². The molecule has 0 unspecified atom stereocenters. The Kier molecular flexibility index (Phi) is 4.25. The first kappa shape index (κ1) is 15.0. The first-order chi connectivity index (χ1) is 9.94. The number of amides is 1. The summed E-state index contributed by atoms with van der Waals surface area (Å²) >= 11 is 0. The van der Waals surface area contributed by atoms with E-state index in [-0.39, 0.29) is 10.6 Å². The number of hydrogen-bond acceptors (Lipinski definition) is 4. The van der Waals surface area contributed by atoms with Gasteiger partial charge in [0, 0.05) is 11.3 Å². The smallest absolute Gasteiger partial charge is 0.255 e. The van der Waals surface area contributed by atoms with Gasteiger partial charge in [-0.2, -0.15) is 0 Å². The van der Waals surface area contributed by atoms with Gasteiger partial charge in [0.2, 0.25) is 10.0 Å². The molecule has 7 heteroatoms. The number of sulfonamides is 1. The third-order valence-corrected chi connectivity index (χ3v) is 4.34. The average Bonchev–Trinajstić information content (AvgIpc) is 2.48. The Morgan fingerprint density at radius 2 is 1.67 bits per heavy atom. The number of nitrogens with two attached hydrogens (primary N) is 1. The number of rotatable bonds is 4. The van der Waals surface area contributed by atoms with Crippen molar-refractivity contribution in [2.24, 2.45) is 0 Å². The molecule has 6 nitrogen and oxygen atoms in total. The van der Waals surface area contributed by atoms with E-state index in [1.807, 2.05) is 0 Å². The summed E-state index contributed by atoms with van der Waals surface area (Å²) in [5.74, 6) is -0.409. The van der Waals surface area contributed by atoms with E-state index < -0.39 is 15.9 Å². The van der Waals surface area contributed by atoms with Gasteiger partial charge < -0.3 is 11.1 Å². The maximum Gasteiger partial charge on any atom is 0.255 e. The van der Waals surface area contributed by atoms with Crippen molar-refractivity contribution in [3.8, 4) is 0 Å². The molecule has 0 bridgehead atoms. The molecule has 2 aromatic carbocycles. The molecule has 110 valence electrons. The average molecular weight is 305 g/mol. The first-order valence-corrected chi connectivity index (χ1v) is 7.62. The minimum atomic E-state index is -3.65. The molecule has 1 amide bonds. The Labute approximate surface area is 123 Å². The predicted molar refractivity (Wildman–Crippen MR) is 81.5 cm³/mol. The monoisotopic (exact) mass is 305 g/mol. The molecule has 0 saturated heterocycles. The lowest BCUT2D eigenvalue weighted by atomic mass is 10.2. The Balaban J connectivity index is 2.32. The van der Waals surface area contributed by atoms with Gasteiger partial charge in [0.05, 0.1) is 5.69 Å². The maximum absolute atomic E-state index is 12.1. The Hall–Kier alpha value is -2.38. The van der Waals surface area contributed by atoms with Gasteiger partial charge in [-0.15, -0.1) is 0 Å². The van der Waals surface area contributed by atoms with Crippen LogP contribution in [0.4, 0.5) is 11.4 Å². The second-order valence-corrected chi connectivity index (χ2v) is 6.13. The lowest BCUT2D eigenvalue weighted by Gasteiger charge is -2.11. The summed E-state index contributed by atoms with van der Waals surface area (Å²) in [4.78, 5) is 12.1. The van der Waals surface area contributed by atoms with Crippen LogP contribution in [0.1, 0.15) is 10.4 Å². The van der Waals surface area contributed by atoms with Crippen LogP contribution in [0.2, 0.25) is 0 Å². The third kappa shape index (κ3) is 3.39. The number of para-hydroxylation sites is 1. The molecule has 0 radical (unpaired) electrons. The van der Waals surface area contributed by atoms with Gasteiger partial charge in [-0.05, 0) is 43.4 Å². The van der Waals surface area contributed by atoms with Gasteiger partial charge in [0.1, 0.15) is 4.90 Å². The summed E-state index contributed by atoms with van der Waals surface area (Å²) < 4.78 is 26.0. The molecule has 0 atom stereocenters. The Bertz CT molecular complexity index is 755. The molecular formula is C14H15N3O3S. The van der Waals surface area contributed by atoms with Crippen molar-refractivity contribution in [2.75, 3.05) is 18.1 Å². The van der Waals surface area contributed by atoms with E-state index in [2.05, 4.69) is 10.0 Å². The van der Waals surface area contributed by atoms with Crippen LogP contribution in [0.5, 0.6) is 0 Å². The second-order valence-electron chi connectivity index (χ2n) is 4.28. The van der Waals surface area contributed by atoms with Crippen LogP contribution in [0, 0.1) is 0 Å². The summed E-state index contributed by atoms with van der Waals surface area (Å²) in [7, 11) is -2.33. The summed E-state index contributed by atoms with van der Waals surface area (Å²) in [5.41, 5.74) is 6.71. The molecule has 2 aromatic rings. The van der Waals surface area contributed by atoms with Crippen LogP contribution in [0.25, 0.3) is 0 Å². The van der Waals surface area contributed by atoms with Crippen LogP contribution >= 0.6 is 0 Å². The number of nitrogen functional groups attached to an aromatic ring is 1. The van der Waals surface area contributed by atoms with Gasteiger partial charge in [0.15, 0.2) is 0 Å². The predicted octanol–water partition coefficient (Wildman–Crippen LogP) is 1.43. The van der Waals surface area contributed by atoms with Crippen LogP contribution < -0.4 is 15.8 Å². The molecule has 4 N–H and O–H groups in total. The fourth-order valence-electron chi connectivity index (χ4n) is 1.74. The number of anilines is 2. The SMILES string of the molecule is CNS(=O)(=O)c1ccccc1NC(=O)c1ccc(N)cc1. The highest BCUT2D eigenvalue weighted by molar-refractivity contribution is 7.89. The van der Waals surface area contributed by atoms with Crippen molar-refractivity contribution >= 4 is 27.3 Å². The summed E-state index contributed by atoms with van der Waals surface area (Å²) in [6.45, 7) is 0. The summed E-state index contributed by atoms with van der Waals surface area (Å²) in [5, 5.41) is 2.59. The zero-order valence-corrected chi connectivity index (χ0v) is 12.1. The van der Waals surface area contributed by atoms with Gasteiger partial charge in [-0.3, -0.25) is 4.79 Å². The quantitative estimate of drug-likeness (QED) is 0.744. The van der Waals surface area contributed by atoms with Crippen molar-refractivity contribution in [3.63, 3.8) is 0 Å². The number of carbonyl (C=O) groups excluding carboxylic acids is 1. The number of hydrogen-bond donors (Lipinski definition) is 3. The van der Waals surface area contributed by atoms with Crippen LogP contribution in [0.3, 0.4) is 0 Å². The first-order valence-electron chi connectivity index (χ1n) is 6.13. The molecule has 0 aliphatic rings. The zero-order valence-electron chi connectivity index (χ0n) is 11.3. The molecule has 0 heterocycles. The van der Waals surface area contributed by atoms with Crippen molar-refractivity contribution < 1.29 is 13.2 Å². The molecule has 2 rings (SSSR count). The minimum Gasteiger partial charge on any atom is -0.399 e. The maximum atomic E-state index is 12.1. The molecule has 0 aromatic heterocycles. The highest BCUT2D eigenvalue weighted by Crippen LogP contribution is 2.21. The van der Waals surface area contributed by atoms with E-state index in [4.69, 9.17) is 5.73 Å². The zero-order chi connectivity index (χ0) is 15.5. The number of nitrogens with one attached hydrogen (secondary N) is 2. The Morgan fingerprint density at radius 1 is 1.05 bits per heavy atom. The highest BCUT2D eigenvalue weighted by atomic mass is 32.2. The normalized spacial score (nSPS) is 11.1. The molecule has 0 saturated carbocycles. The standard InChI is InChI=1S/C14H15N3O3S/c1-16-21(19,20)13-5-3-2-4-12(13)17-14(18)10-6-8-11(15)9-7-10/h2-9,16H,15H2,1H3,(H,17,18). The van der Waals surface area contributed by atoms with Gasteiger partial charge in [0.25, 0.3) is 5.91 Å². The molecular weight excluding hydrogens is 290 g/mol. The van der Waals surface area contributed by atoms with Crippen LogP contribution in [-0.4, -0.2) is 21.4 Å². The van der Waals surface area contributed by atoms with E-state index in [0.29, 0.717) is 11.3 Å². The minimum absolute atomic E-state index is 0.0105. The Morgan fingerprint density at radius 3 is 2.29 bits per heavy atom. The van der Waals surface area contributed by atoms with Crippen LogP contribution in [0.15, 0.2) is 53.4 Å². The summed E-state index contributed by atoms with van der Waals surface area (Å²) in [6.07, 6.45) is 0. The molecule has 21 heavy (non-hydrogen) atoms. The van der Waals surface area contributed by atoms with Crippen molar-refractivity contribution in [2.45, 2.75) is 4.90 Å². The van der Waals surface area contributed by atoms with Gasteiger partial charge >= 0.3 is 0 Å². The largest absolute Gasteiger partial charge is 0.399 e. The summed E-state index contributed by atoms with van der Waals surface area (Å²) in [6, 6.07) is 12.5. The topological polar surface area (TPSA) is 101 Å². The molecule has 0 fully saturated rings. The van der Waals surface area contributed by atoms with E-state index in [9.17, 15) is 13.2 Å². The number of benzene rings is 2. The highest BCUT2D eigenvalue weighted by Gasteiger charge is 2.17. The lowest BCUT2D eigenvalue weighted by molar-refractivity contribution is 0.102. The van der Waals surface area contributed by atoms with E-state index >= 15 is 0 Å². The molecule has 0 aliphatic heterocycles. The third-order valence-electron chi connectivity index (χ3n) is 2.87. The number of carbonyl (C=O) groups is 1. The van der Waals surface area contributed by atoms with Gasteiger partial charge in [-0.1, -0.05) is 12.1 Å². The fourth-order valence-corrected chi connectivity index (χ4v) is 2.63. The van der Waals surface area contributed by atoms with Crippen LogP contribution in [-0.2, 0) is 10.0 Å². The van der Waals surface area contributed by atoms with E-state index in [0.717, 1.165) is 0 Å². The van der Waals surface area contributed by atoms with Gasteiger partial charge in [-0.25, -0.2) is 13.1 Å².